The number of esters is 1. The average Bonchev–Trinajstić information content (AvgIpc) is 2.67. The Labute approximate surface area is 158 Å². The lowest BCUT2D eigenvalue weighted by atomic mass is 10.1. The Balaban J connectivity index is 1.75. The van der Waals surface area contributed by atoms with Crippen molar-refractivity contribution in [1.29, 1.82) is 0 Å². The molecule has 0 aromatic heterocycles. The van der Waals surface area contributed by atoms with Crippen LogP contribution in [0.3, 0.4) is 0 Å². The SMILES string of the molecule is Cc1ccccc1CC(=O)OCC(=O)NCC(=O)Nc1ccc(F)c(F)c1F. The van der Waals surface area contributed by atoms with Crippen LogP contribution in [0.4, 0.5) is 18.9 Å². The van der Waals surface area contributed by atoms with Gasteiger partial charge in [0.2, 0.25) is 5.91 Å². The molecule has 0 saturated heterocycles. The third kappa shape index (κ3) is 5.83. The van der Waals surface area contributed by atoms with Crippen molar-refractivity contribution in [3.8, 4) is 0 Å². The Morgan fingerprint density at radius 3 is 2.39 bits per heavy atom. The lowest BCUT2D eigenvalue weighted by Crippen LogP contribution is -2.35. The van der Waals surface area contributed by atoms with Crippen molar-refractivity contribution < 1.29 is 32.3 Å². The first-order valence-corrected chi connectivity index (χ1v) is 8.18. The summed E-state index contributed by atoms with van der Waals surface area (Å²) in [5.74, 6) is -6.90. The molecular weight excluding hydrogens is 377 g/mol. The van der Waals surface area contributed by atoms with Gasteiger partial charge in [-0.3, -0.25) is 14.4 Å². The minimum Gasteiger partial charge on any atom is -0.455 e. The van der Waals surface area contributed by atoms with Crippen LogP contribution in [0.2, 0.25) is 0 Å². The van der Waals surface area contributed by atoms with E-state index in [1.165, 1.54) is 0 Å². The van der Waals surface area contributed by atoms with Crippen LogP contribution in [0, 0.1) is 24.4 Å². The van der Waals surface area contributed by atoms with Gasteiger partial charge in [-0.25, -0.2) is 13.2 Å². The molecule has 0 aliphatic heterocycles. The van der Waals surface area contributed by atoms with Crippen molar-refractivity contribution in [1.82, 2.24) is 5.32 Å². The van der Waals surface area contributed by atoms with Crippen LogP contribution in [-0.4, -0.2) is 30.9 Å². The highest BCUT2D eigenvalue weighted by molar-refractivity contribution is 5.95. The summed E-state index contributed by atoms with van der Waals surface area (Å²) in [4.78, 5) is 35.1. The number of hydrogen-bond donors (Lipinski definition) is 2. The quantitative estimate of drug-likeness (QED) is 0.557. The summed E-state index contributed by atoms with van der Waals surface area (Å²) >= 11 is 0. The van der Waals surface area contributed by atoms with E-state index in [4.69, 9.17) is 4.74 Å². The van der Waals surface area contributed by atoms with Gasteiger partial charge in [0.15, 0.2) is 24.1 Å². The zero-order valence-corrected chi connectivity index (χ0v) is 14.9. The fraction of sp³-hybridized carbons (Fsp3) is 0.211. The van der Waals surface area contributed by atoms with Gasteiger partial charge >= 0.3 is 5.97 Å². The first-order chi connectivity index (χ1) is 13.3. The molecule has 0 aliphatic carbocycles. The highest BCUT2D eigenvalue weighted by Crippen LogP contribution is 2.19. The summed E-state index contributed by atoms with van der Waals surface area (Å²) in [5.41, 5.74) is 1.11. The summed E-state index contributed by atoms with van der Waals surface area (Å²) in [6, 6.07) is 8.70. The van der Waals surface area contributed by atoms with E-state index in [9.17, 15) is 27.6 Å². The number of nitrogens with one attached hydrogen (secondary N) is 2. The summed E-state index contributed by atoms with van der Waals surface area (Å²) < 4.78 is 44.2. The second-order valence-electron chi connectivity index (χ2n) is 5.81. The molecule has 0 spiro atoms. The number of aryl methyl sites for hydroxylation is 1. The molecule has 0 atom stereocenters. The van der Waals surface area contributed by atoms with Gasteiger partial charge in [-0.1, -0.05) is 24.3 Å². The molecular formula is C19H17F3N2O4. The number of ether oxygens (including phenoxy) is 1. The topological polar surface area (TPSA) is 84.5 Å². The number of carbonyl (C=O) groups excluding carboxylic acids is 3. The summed E-state index contributed by atoms with van der Waals surface area (Å²) in [6.07, 6.45) is -0.00412. The van der Waals surface area contributed by atoms with Crippen LogP contribution < -0.4 is 10.6 Å². The molecule has 0 aliphatic rings. The van der Waals surface area contributed by atoms with Gasteiger partial charge in [0.05, 0.1) is 18.7 Å². The van der Waals surface area contributed by atoms with E-state index in [-0.39, 0.29) is 6.42 Å². The number of rotatable bonds is 7. The fourth-order valence-corrected chi connectivity index (χ4v) is 2.21. The Morgan fingerprint density at radius 2 is 1.68 bits per heavy atom. The summed E-state index contributed by atoms with van der Waals surface area (Å²) in [6.45, 7) is 0.661. The molecule has 2 aromatic rings. The second-order valence-corrected chi connectivity index (χ2v) is 5.81. The number of anilines is 1. The van der Waals surface area contributed by atoms with Crippen LogP contribution in [0.5, 0.6) is 0 Å². The Morgan fingerprint density at radius 1 is 0.964 bits per heavy atom. The van der Waals surface area contributed by atoms with Crippen molar-refractivity contribution in [3.05, 3.63) is 65.0 Å². The summed E-state index contributed by atoms with van der Waals surface area (Å²) in [7, 11) is 0. The highest BCUT2D eigenvalue weighted by atomic mass is 19.2. The van der Waals surface area contributed by atoms with E-state index >= 15 is 0 Å². The number of halogens is 3. The molecule has 0 saturated carbocycles. The van der Waals surface area contributed by atoms with Crippen molar-refractivity contribution in [2.75, 3.05) is 18.5 Å². The normalized spacial score (nSPS) is 10.3. The van der Waals surface area contributed by atoms with E-state index < -0.39 is 54.1 Å². The predicted octanol–water partition coefficient (Wildman–Crippen LogP) is 2.25. The van der Waals surface area contributed by atoms with Gasteiger partial charge in [0.1, 0.15) is 0 Å². The van der Waals surface area contributed by atoms with Gasteiger partial charge < -0.3 is 15.4 Å². The lowest BCUT2D eigenvalue weighted by molar-refractivity contribution is -0.147. The molecule has 2 amide bonds. The van der Waals surface area contributed by atoms with Crippen LogP contribution in [0.25, 0.3) is 0 Å². The van der Waals surface area contributed by atoms with Crippen LogP contribution in [0.1, 0.15) is 11.1 Å². The number of benzene rings is 2. The largest absolute Gasteiger partial charge is 0.455 e. The van der Waals surface area contributed by atoms with E-state index in [1.807, 2.05) is 24.4 Å². The third-order valence-corrected chi connectivity index (χ3v) is 3.72. The second kappa shape index (κ2) is 9.54. The van der Waals surface area contributed by atoms with Gasteiger partial charge in [0, 0.05) is 0 Å². The maximum absolute atomic E-state index is 13.5. The molecule has 6 nitrogen and oxygen atoms in total. The third-order valence-electron chi connectivity index (χ3n) is 3.72. The standard InChI is InChI=1S/C19H17F3N2O4/c1-11-4-2-3-5-12(11)8-17(27)28-10-16(26)23-9-15(25)24-14-7-6-13(20)18(21)19(14)22/h2-7H,8-10H2,1H3,(H,23,26)(H,24,25). The maximum atomic E-state index is 13.5. The number of hydrogen-bond acceptors (Lipinski definition) is 4. The van der Waals surface area contributed by atoms with Crippen molar-refractivity contribution >= 4 is 23.5 Å². The average molecular weight is 394 g/mol. The van der Waals surface area contributed by atoms with Crippen molar-refractivity contribution in [2.24, 2.45) is 0 Å². The highest BCUT2D eigenvalue weighted by Gasteiger charge is 2.16. The van der Waals surface area contributed by atoms with E-state index in [0.29, 0.717) is 6.07 Å². The molecule has 0 fully saturated rings. The first kappa shape index (κ1) is 20.9. The molecule has 0 unspecified atom stereocenters. The molecule has 28 heavy (non-hydrogen) atoms. The van der Waals surface area contributed by atoms with Crippen LogP contribution >= 0.6 is 0 Å². The molecule has 2 N–H and O–H groups in total. The van der Waals surface area contributed by atoms with E-state index in [2.05, 4.69) is 5.32 Å². The van der Waals surface area contributed by atoms with Crippen LogP contribution in [0.15, 0.2) is 36.4 Å². The van der Waals surface area contributed by atoms with E-state index in [1.54, 1.807) is 12.1 Å². The number of amides is 2. The molecule has 2 rings (SSSR count). The lowest BCUT2D eigenvalue weighted by Gasteiger charge is -2.09. The molecule has 0 radical (unpaired) electrons. The molecule has 148 valence electrons. The van der Waals surface area contributed by atoms with Crippen molar-refractivity contribution in [2.45, 2.75) is 13.3 Å². The maximum Gasteiger partial charge on any atom is 0.310 e. The van der Waals surface area contributed by atoms with Gasteiger partial charge in [0.25, 0.3) is 5.91 Å². The van der Waals surface area contributed by atoms with Crippen LogP contribution in [-0.2, 0) is 25.5 Å². The Hall–Kier alpha value is -3.36. The van der Waals surface area contributed by atoms with Gasteiger partial charge in [-0.2, -0.15) is 0 Å². The fourth-order valence-electron chi connectivity index (χ4n) is 2.21. The zero-order valence-electron chi connectivity index (χ0n) is 14.9. The van der Waals surface area contributed by atoms with E-state index in [0.717, 1.165) is 17.2 Å². The molecule has 2 aromatic carbocycles. The van der Waals surface area contributed by atoms with Gasteiger partial charge in [-0.05, 0) is 30.2 Å². The molecule has 0 bridgehead atoms. The zero-order chi connectivity index (χ0) is 20.7. The van der Waals surface area contributed by atoms with Crippen molar-refractivity contribution in [3.63, 3.8) is 0 Å². The molecule has 0 heterocycles. The Bertz CT molecular complexity index is 903. The monoisotopic (exact) mass is 394 g/mol. The minimum absolute atomic E-state index is 0.00412. The smallest absolute Gasteiger partial charge is 0.310 e. The Kier molecular flexibility index (Phi) is 7.14. The summed E-state index contributed by atoms with van der Waals surface area (Å²) in [5, 5.41) is 4.15. The van der Waals surface area contributed by atoms with Gasteiger partial charge in [-0.15, -0.1) is 0 Å². The predicted molar refractivity (Wildman–Crippen MR) is 93.8 cm³/mol. The number of carbonyl (C=O) groups is 3. The molecule has 9 heteroatoms. The minimum atomic E-state index is -1.72. The first-order valence-electron chi connectivity index (χ1n) is 8.18.